The van der Waals surface area contributed by atoms with Gasteiger partial charge in [0, 0.05) is 12.0 Å². The van der Waals surface area contributed by atoms with Gasteiger partial charge in [0.15, 0.2) is 0 Å². The largest absolute Gasteiger partial charge is 0.494 e. The summed E-state index contributed by atoms with van der Waals surface area (Å²) in [4.78, 5) is 0. The van der Waals surface area contributed by atoms with Gasteiger partial charge in [-0.1, -0.05) is 25.7 Å². The lowest BCUT2D eigenvalue weighted by Crippen LogP contribution is -2.00. The maximum absolute atomic E-state index is 8.69. The second kappa shape index (κ2) is 8.61. The molecule has 0 spiro atoms. The Hall–Kier alpha value is -1.46. The zero-order chi connectivity index (χ0) is 14.1. The van der Waals surface area contributed by atoms with Crippen molar-refractivity contribution in [3.8, 4) is 17.6 Å². The van der Waals surface area contributed by atoms with E-state index in [0.717, 1.165) is 35.8 Å². The molecule has 0 aliphatic rings. The van der Waals surface area contributed by atoms with Crippen LogP contribution in [0.2, 0.25) is 0 Å². The van der Waals surface area contributed by atoms with Crippen LogP contribution in [0.25, 0.3) is 0 Å². The lowest BCUT2D eigenvalue weighted by molar-refractivity contribution is 0.297. The van der Waals surface area contributed by atoms with E-state index in [-0.39, 0.29) is 6.61 Å². The fourth-order valence-corrected chi connectivity index (χ4v) is 1.76. The lowest BCUT2D eigenvalue weighted by Gasteiger charge is -2.09. The summed E-state index contributed by atoms with van der Waals surface area (Å²) in [5.74, 6) is 7.64. The third-order valence-corrected chi connectivity index (χ3v) is 2.85. The summed E-state index contributed by atoms with van der Waals surface area (Å²) in [6.45, 7) is 7.37. The van der Waals surface area contributed by atoms with Crippen LogP contribution in [0.1, 0.15) is 44.2 Å². The maximum Gasteiger partial charge on any atom is 0.119 e. The van der Waals surface area contributed by atoms with Gasteiger partial charge in [-0.2, -0.15) is 0 Å². The molecule has 0 fully saturated rings. The molecule has 0 unspecified atom stereocenters. The highest BCUT2D eigenvalue weighted by Gasteiger charge is 2.00. The van der Waals surface area contributed by atoms with E-state index in [0.29, 0.717) is 6.42 Å². The highest BCUT2D eigenvalue weighted by molar-refractivity contribution is 5.44. The molecule has 0 heterocycles. The van der Waals surface area contributed by atoms with Gasteiger partial charge < -0.3 is 9.84 Å². The summed E-state index contributed by atoms with van der Waals surface area (Å²) in [6, 6.07) is 5.97. The van der Waals surface area contributed by atoms with Crippen molar-refractivity contribution in [1.82, 2.24) is 0 Å². The molecule has 0 radical (unpaired) electrons. The molecule has 0 saturated carbocycles. The summed E-state index contributed by atoms with van der Waals surface area (Å²) in [6.07, 6.45) is 2.81. The second-order valence-corrected chi connectivity index (χ2v) is 5.14. The van der Waals surface area contributed by atoms with Crippen LogP contribution in [0.4, 0.5) is 0 Å². The number of ether oxygens (including phenoxy) is 1. The molecule has 0 aliphatic carbocycles. The van der Waals surface area contributed by atoms with Crippen molar-refractivity contribution < 1.29 is 9.84 Å². The first kappa shape index (κ1) is 15.6. The van der Waals surface area contributed by atoms with Gasteiger partial charge in [0.25, 0.3) is 0 Å². The number of aliphatic hydroxyl groups excluding tert-OH is 1. The van der Waals surface area contributed by atoms with Gasteiger partial charge in [-0.05, 0) is 49.4 Å². The van der Waals surface area contributed by atoms with Crippen LogP contribution in [-0.2, 0) is 0 Å². The van der Waals surface area contributed by atoms with Crippen LogP contribution in [0, 0.1) is 24.7 Å². The Labute approximate surface area is 116 Å². The molecule has 2 heteroatoms. The van der Waals surface area contributed by atoms with E-state index < -0.39 is 0 Å². The number of rotatable bonds is 6. The van der Waals surface area contributed by atoms with Crippen LogP contribution >= 0.6 is 0 Å². The van der Waals surface area contributed by atoms with Crippen molar-refractivity contribution in [2.75, 3.05) is 13.2 Å². The molecule has 0 atom stereocenters. The minimum atomic E-state index is 0.114. The summed E-state index contributed by atoms with van der Waals surface area (Å²) >= 11 is 0. The van der Waals surface area contributed by atoms with Gasteiger partial charge in [0.2, 0.25) is 0 Å². The first-order valence-electron chi connectivity index (χ1n) is 6.96. The van der Waals surface area contributed by atoms with Crippen LogP contribution < -0.4 is 4.74 Å². The zero-order valence-corrected chi connectivity index (χ0v) is 12.2. The highest BCUT2D eigenvalue weighted by Crippen LogP contribution is 2.17. The van der Waals surface area contributed by atoms with Crippen molar-refractivity contribution in [2.45, 2.75) is 40.0 Å². The fraction of sp³-hybridized carbons (Fsp3) is 0.529. The number of hydrogen-bond donors (Lipinski definition) is 1. The van der Waals surface area contributed by atoms with Crippen LogP contribution in [0.5, 0.6) is 5.75 Å². The van der Waals surface area contributed by atoms with Gasteiger partial charge in [-0.15, -0.1) is 0 Å². The summed E-state index contributed by atoms with van der Waals surface area (Å²) in [7, 11) is 0. The topological polar surface area (TPSA) is 29.5 Å². The van der Waals surface area contributed by atoms with E-state index in [4.69, 9.17) is 9.84 Å². The fourth-order valence-electron chi connectivity index (χ4n) is 1.76. The summed E-state index contributed by atoms with van der Waals surface area (Å²) in [5, 5.41) is 8.69. The minimum Gasteiger partial charge on any atom is -0.494 e. The molecule has 1 N–H and O–H groups in total. The maximum atomic E-state index is 8.69. The van der Waals surface area contributed by atoms with E-state index in [9.17, 15) is 0 Å². The monoisotopic (exact) mass is 260 g/mol. The van der Waals surface area contributed by atoms with Crippen molar-refractivity contribution in [1.29, 1.82) is 0 Å². The van der Waals surface area contributed by atoms with E-state index in [1.807, 2.05) is 25.1 Å². The van der Waals surface area contributed by atoms with Crippen molar-refractivity contribution in [2.24, 2.45) is 5.92 Å². The predicted molar refractivity (Wildman–Crippen MR) is 79.3 cm³/mol. The molecule has 104 valence electrons. The van der Waals surface area contributed by atoms with E-state index >= 15 is 0 Å². The number of benzene rings is 1. The first-order chi connectivity index (χ1) is 9.13. The zero-order valence-electron chi connectivity index (χ0n) is 12.2. The van der Waals surface area contributed by atoms with Gasteiger partial charge in [-0.3, -0.25) is 0 Å². The number of aryl methyl sites for hydroxylation is 1. The Balaban J connectivity index is 2.50. The van der Waals surface area contributed by atoms with Crippen LogP contribution in [0.3, 0.4) is 0 Å². The van der Waals surface area contributed by atoms with Gasteiger partial charge in [-0.25, -0.2) is 0 Å². The molecule has 0 aromatic heterocycles. The Kier molecular flexibility index (Phi) is 7.07. The Morgan fingerprint density at radius 2 is 2.11 bits per heavy atom. The van der Waals surface area contributed by atoms with Gasteiger partial charge in [0.05, 0.1) is 13.2 Å². The van der Waals surface area contributed by atoms with Gasteiger partial charge in [0.1, 0.15) is 5.75 Å². The first-order valence-corrected chi connectivity index (χ1v) is 6.96. The molecule has 0 aliphatic heterocycles. The highest BCUT2D eigenvalue weighted by atomic mass is 16.5. The minimum absolute atomic E-state index is 0.114. The molecule has 19 heavy (non-hydrogen) atoms. The molecule has 0 amide bonds. The molecular weight excluding hydrogens is 236 g/mol. The lowest BCUT2D eigenvalue weighted by atomic mass is 10.1. The summed E-state index contributed by atoms with van der Waals surface area (Å²) < 4.78 is 5.73. The predicted octanol–water partition coefficient (Wildman–Crippen LogP) is 3.54. The average molecular weight is 260 g/mol. The molecule has 1 aromatic carbocycles. The van der Waals surface area contributed by atoms with E-state index in [2.05, 4.69) is 25.7 Å². The molecule has 2 nitrogen and oxygen atoms in total. The second-order valence-electron chi connectivity index (χ2n) is 5.14. The Morgan fingerprint density at radius 1 is 1.32 bits per heavy atom. The quantitative estimate of drug-likeness (QED) is 0.626. The van der Waals surface area contributed by atoms with E-state index in [1.165, 1.54) is 6.42 Å². The molecule has 0 saturated heterocycles. The smallest absolute Gasteiger partial charge is 0.119 e. The normalized spacial score (nSPS) is 10.2. The summed E-state index contributed by atoms with van der Waals surface area (Å²) in [5.41, 5.74) is 2.12. The van der Waals surface area contributed by atoms with Crippen LogP contribution in [-0.4, -0.2) is 18.3 Å². The number of aliphatic hydroxyl groups is 1. The average Bonchev–Trinajstić information content (AvgIpc) is 2.37. The molecule has 1 aromatic rings. The van der Waals surface area contributed by atoms with Crippen molar-refractivity contribution in [3.05, 3.63) is 29.3 Å². The Bertz CT molecular complexity index is 438. The molecule has 0 bridgehead atoms. The molecular formula is C17H24O2. The van der Waals surface area contributed by atoms with Crippen molar-refractivity contribution in [3.63, 3.8) is 0 Å². The van der Waals surface area contributed by atoms with E-state index in [1.54, 1.807) is 0 Å². The van der Waals surface area contributed by atoms with Gasteiger partial charge >= 0.3 is 0 Å². The Morgan fingerprint density at radius 3 is 2.74 bits per heavy atom. The molecule has 1 rings (SSSR count). The third kappa shape index (κ3) is 6.31. The standard InChI is InChI=1S/C17H24O2/c1-14(2)7-6-12-19-17-10-9-16(15(3)13-17)8-4-5-11-18/h9-10,13-14,18H,5-7,11-12H2,1-3H3. The number of hydrogen-bond acceptors (Lipinski definition) is 2. The van der Waals surface area contributed by atoms with Crippen LogP contribution in [0.15, 0.2) is 18.2 Å². The SMILES string of the molecule is Cc1cc(OCCCC(C)C)ccc1C#CCCO. The third-order valence-electron chi connectivity index (χ3n) is 2.85. The van der Waals surface area contributed by atoms with Crippen molar-refractivity contribution >= 4 is 0 Å².